The monoisotopic (exact) mass is 473 g/mol. The third kappa shape index (κ3) is 5.00. The van der Waals surface area contributed by atoms with E-state index in [1.165, 1.54) is 4.90 Å². The quantitative estimate of drug-likeness (QED) is 0.688. The van der Waals surface area contributed by atoms with Gasteiger partial charge in [0.1, 0.15) is 5.84 Å². The number of alkyl halides is 3. The number of likely N-dealkylation sites (N-methyl/N-ethyl adjacent to an activating group) is 1. The largest absolute Gasteiger partial charge is 0.391 e. The summed E-state index contributed by atoms with van der Waals surface area (Å²) in [5.74, 6) is -1.41. The molecule has 0 aromatic heterocycles. The number of likely N-dealkylation sites (tertiary alicyclic amines) is 1. The maximum Gasteiger partial charge on any atom is 0.391 e. The summed E-state index contributed by atoms with van der Waals surface area (Å²) in [4.78, 5) is 33.6. The maximum absolute atomic E-state index is 13.2. The van der Waals surface area contributed by atoms with Gasteiger partial charge in [0, 0.05) is 31.4 Å². The summed E-state index contributed by atoms with van der Waals surface area (Å²) in [6, 6.07) is 13.7. The van der Waals surface area contributed by atoms with Gasteiger partial charge in [0.05, 0.1) is 11.6 Å². The number of carbonyl (C=O) groups excluding carboxylic acids is 2. The molecule has 1 unspecified atom stereocenters. The van der Waals surface area contributed by atoms with E-state index < -0.39 is 30.2 Å². The minimum absolute atomic E-state index is 0.0551. The molecule has 0 aliphatic carbocycles. The van der Waals surface area contributed by atoms with Crippen LogP contribution in [-0.4, -0.2) is 55.2 Å². The summed E-state index contributed by atoms with van der Waals surface area (Å²) in [6.07, 6.45) is -5.58. The van der Waals surface area contributed by atoms with Crippen LogP contribution in [0.4, 0.5) is 29.3 Å². The van der Waals surface area contributed by atoms with E-state index in [0.717, 1.165) is 5.56 Å². The van der Waals surface area contributed by atoms with Crippen molar-refractivity contribution in [2.45, 2.75) is 32.1 Å². The van der Waals surface area contributed by atoms with Crippen LogP contribution >= 0.6 is 0 Å². The van der Waals surface area contributed by atoms with Gasteiger partial charge in [-0.05, 0) is 49.6 Å². The number of aryl methyl sites for hydroxylation is 1. The van der Waals surface area contributed by atoms with E-state index in [1.807, 2.05) is 13.0 Å². The lowest BCUT2D eigenvalue weighted by Gasteiger charge is -2.35. The summed E-state index contributed by atoms with van der Waals surface area (Å²) in [5, 5.41) is 5.30. The maximum atomic E-state index is 13.2. The second-order valence-corrected chi connectivity index (χ2v) is 8.54. The van der Waals surface area contributed by atoms with Gasteiger partial charge in [-0.3, -0.25) is 4.79 Å². The van der Waals surface area contributed by atoms with Crippen molar-refractivity contribution >= 4 is 29.1 Å². The van der Waals surface area contributed by atoms with Crippen LogP contribution in [0.1, 0.15) is 24.0 Å². The second kappa shape index (κ2) is 9.36. The molecule has 1 saturated heterocycles. The van der Waals surface area contributed by atoms with E-state index in [0.29, 0.717) is 22.8 Å². The first-order valence-electron chi connectivity index (χ1n) is 11.0. The summed E-state index contributed by atoms with van der Waals surface area (Å²) in [7, 11) is 1.59. The Morgan fingerprint density at radius 1 is 1.09 bits per heavy atom. The Morgan fingerprint density at radius 3 is 2.47 bits per heavy atom. The molecule has 2 aliphatic heterocycles. The van der Waals surface area contributed by atoms with E-state index >= 15 is 0 Å². The van der Waals surface area contributed by atoms with Crippen LogP contribution in [0.3, 0.4) is 0 Å². The topological polar surface area (TPSA) is 77.0 Å². The molecule has 7 nitrogen and oxygen atoms in total. The Balaban J connectivity index is 1.61. The highest BCUT2D eigenvalue weighted by atomic mass is 19.4. The second-order valence-electron chi connectivity index (χ2n) is 8.54. The van der Waals surface area contributed by atoms with Gasteiger partial charge in [-0.1, -0.05) is 24.3 Å². The highest BCUT2D eigenvalue weighted by Gasteiger charge is 2.42. The van der Waals surface area contributed by atoms with Crippen LogP contribution < -0.4 is 15.5 Å². The fraction of sp³-hybridized carbons (Fsp3) is 0.375. The zero-order valence-electron chi connectivity index (χ0n) is 18.9. The molecule has 34 heavy (non-hydrogen) atoms. The Morgan fingerprint density at radius 2 is 1.79 bits per heavy atom. The molecule has 0 saturated carbocycles. The Hall–Kier alpha value is -3.56. The van der Waals surface area contributed by atoms with Crippen molar-refractivity contribution in [1.82, 2.24) is 10.2 Å². The number of aliphatic imine (C=N–C) groups is 1. The zero-order chi connectivity index (χ0) is 24.5. The lowest BCUT2D eigenvalue weighted by atomic mass is 9.95. The van der Waals surface area contributed by atoms with Crippen LogP contribution in [0.15, 0.2) is 53.5 Å². The lowest BCUT2D eigenvalue weighted by molar-refractivity contribution is -0.183. The van der Waals surface area contributed by atoms with Gasteiger partial charge in [-0.25, -0.2) is 9.79 Å². The molecule has 2 aliphatic rings. The van der Waals surface area contributed by atoms with Crippen LogP contribution in [0, 0.1) is 12.8 Å². The third-order valence-electron chi connectivity index (χ3n) is 6.12. The van der Waals surface area contributed by atoms with Gasteiger partial charge in [-0.15, -0.1) is 0 Å². The SMILES string of the molecule is Cc1cccc(NC(=O)NC2N=C(N3CCC(C(F)(F)F)CC3)c3ccccc3N(C)C2=O)c1. The Kier molecular flexibility index (Phi) is 6.49. The number of benzodiazepines with no additional fused rings is 1. The standard InChI is InChI=1S/C24H26F3N5O2/c1-15-6-5-7-17(14-15)28-23(34)30-20-22(33)31(2)19-9-4-3-8-18(19)21(29-20)32-12-10-16(11-13-32)24(25,26)27/h3-9,14,16,20H,10-13H2,1-2H3,(H2,28,30,34). The van der Waals surface area contributed by atoms with Crippen molar-refractivity contribution in [3.8, 4) is 0 Å². The first-order chi connectivity index (χ1) is 16.1. The molecule has 0 spiro atoms. The number of fused-ring (bicyclic) bond motifs is 1. The van der Waals surface area contributed by atoms with Gasteiger partial charge in [0.15, 0.2) is 0 Å². The van der Waals surface area contributed by atoms with Crippen LogP contribution in [0.5, 0.6) is 0 Å². The number of anilines is 2. The van der Waals surface area contributed by atoms with Crippen molar-refractivity contribution in [3.05, 3.63) is 59.7 Å². The highest BCUT2D eigenvalue weighted by Crippen LogP contribution is 2.35. The molecule has 2 N–H and O–H groups in total. The van der Waals surface area contributed by atoms with Gasteiger partial charge < -0.3 is 20.4 Å². The van der Waals surface area contributed by atoms with E-state index in [4.69, 9.17) is 0 Å². The van der Waals surface area contributed by atoms with Gasteiger partial charge in [0.2, 0.25) is 6.17 Å². The first-order valence-corrected chi connectivity index (χ1v) is 11.0. The van der Waals surface area contributed by atoms with Crippen LogP contribution in [0.25, 0.3) is 0 Å². The van der Waals surface area contributed by atoms with E-state index in [2.05, 4.69) is 15.6 Å². The number of piperidine rings is 1. The Bertz CT molecular complexity index is 1110. The summed E-state index contributed by atoms with van der Waals surface area (Å²) in [5.41, 5.74) is 2.73. The molecule has 3 amide bonds. The number of benzene rings is 2. The molecular formula is C24H26F3N5O2. The third-order valence-corrected chi connectivity index (χ3v) is 6.12. The number of nitrogens with zero attached hydrogens (tertiary/aromatic N) is 3. The van der Waals surface area contributed by atoms with Crippen LogP contribution in [0.2, 0.25) is 0 Å². The molecule has 4 rings (SSSR count). The predicted molar refractivity (Wildman–Crippen MR) is 124 cm³/mol. The number of amidine groups is 1. The number of nitrogens with one attached hydrogen (secondary N) is 2. The number of hydrogen-bond acceptors (Lipinski definition) is 4. The van der Waals surface area contributed by atoms with E-state index in [1.54, 1.807) is 54.4 Å². The van der Waals surface area contributed by atoms with Crippen molar-refractivity contribution in [1.29, 1.82) is 0 Å². The number of para-hydroxylation sites is 1. The van der Waals surface area contributed by atoms with Gasteiger partial charge in [0.25, 0.3) is 5.91 Å². The number of urea groups is 1. The Labute approximate surface area is 195 Å². The van der Waals surface area contributed by atoms with Crippen LogP contribution in [-0.2, 0) is 4.79 Å². The summed E-state index contributed by atoms with van der Waals surface area (Å²) in [6.45, 7) is 2.19. The number of carbonyl (C=O) groups is 2. The smallest absolute Gasteiger partial charge is 0.356 e. The summed E-state index contributed by atoms with van der Waals surface area (Å²) >= 11 is 0. The van der Waals surface area contributed by atoms with Crippen molar-refractivity contribution in [3.63, 3.8) is 0 Å². The van der Waals surface area contributed by atoms with Crippen molar-refractivity contribution < 1.29 is 22.8 Å². The zero-order valence-corrected chi connectivity index (χ0v) is 18.9. The molecule has 180 valence electrons. The van der Waals surface area contributed by atoms with Crippen molar-refractivity contribution in [2.75, 3.05) is 30.4 Å². The van der Waals surface area contributed by atoms with E-state index in [-0.39, 0.29) is 25.9 Å². The lowest BCUT2D eigenvalue weighted by Crippen LogP contribution is -2.48. The molecule has 10 heteroatoms. The fourth-order valence-electron chi connectivity index (χ4n) is 4.28. The molecular weight excluding hydrogens is 447 g/mol. The van der Waals surface area contributed by atoms with Gasteiger partial charge in [-0.2, -0.15) is 13.2 Å². The van der Waals surface area contributed by atoms with Crippen molar-refractivity contribution in [2.24, 2.45) is 10.9 Å². The van der Waals surface area contributed by atoms with Gasteiger partial charge >= 0.3 is 12.2 Å². The average molecular weight is 473 g/mol. The fourth-order valence-corrected chi connectivity index (χ4v) is 4.28. The molecule has 2 heterocycles. The molecule has 0 radical (unpaired) electrons. The predicted octanol–water partition coefficient (Wildman–Crippen LogP) is 4.14. The highest BCUT2D eigenvalue weighted by molar-refractivity contribution is 6.12. The molecule has 2 aromatic rings. The number of hydrogen-bond donors (Lipinski definition) is 2. The minimum atomic E-state index is -4.23. The molecule has 1 fully saturated rings. The molecule has 0 bridgehead atoms. The van der Waals surface area contributed by atoms with E-state index in [9.17, 15) is 22.8 Å². The first kappa shape index (κ1) is 23.6. The number of halogens is 3. The normalized spacial score (nSPS) is 19.3. The molecule has 1 atom stereocenters. The average Bonchev–Trinajstić information content (AvgIpc) is 2.89. The minimum Gasteiger partial charge on any atom is -0.356 e. The number of rotatable bonds is 2. The number of amides is 3. The molecule has 2 aromatic carbocycles. The summed E-state index contributed by atoms with van der Waals surface area (Å²) < 4.78 is 39.5.